The Bertz CT molecular complexity index is 910. The molecule has 0 saturated heterocycles. The first-order valence-electron chi connectivity index (χ1n) is 10.4. The van der Waals surface area contributed by atoms with Gasteiger partial charge in [-0.3, -0.25) is 9.59 Å². The second kappa shape index (κ2) is 11.4. The summed E-state index contributed by atoms with van der Waals surface area (Å²) >= 11 is 12.3. The summed E-state index contributed by atoms with van der Waals surface area (Å²) in [7, 11) is 0. The van der Waals surface area contributed by atoms with Gasteiger partial charge in [-0.2, -0.15) is 0 Å². The lowest BCUT2D eigenvalue weighted by Crippen LogP contribution is -2.50. The van der Waals surface area contributed by atoms with Gasteiger partial charge in [0.05, 0.1) is 0 Å². The molecule has 0 aliphatic carbocycles. The molecule has 31 heavy (non-hydrogen) atoms. The molecule has 0 spiro atoms. The van der Waals surface area contributed by atoms with Gasteiger partial charge < -0.3 is 15.0 Å². The van der Waals surface area contributed by atoms with Crippen molar-refractivity contribution in [3.05, 3.63) is 63.1 Å². The smallest absolute Gasteiger partial charge is 0.261 e. The minimum Gasteiger partial charge on any atom is -0.484 e. The number of ether oxygens (including phenoxy) is 1. The monoisotopic (exact) mass is 464 g/mol. The number of hydrogen-bond acceptors (Lipinski definition) is 3. The second-order valence-electron chi connectivity index (χ2n) is 7.81. The fraction of sp³-hybridized carbons (Fsp3) is 0.417. The van der Waals surface area contributed by atoms with Crippen LogP contribution in [0.4, 0.5) is 0 Å². The highest BCUT2D eigenvalue weighted by atomic mass is 35.5. The number of nitrogens with zero attached hydrogens (tertiary/aromatic N) is 1. The Morgan fingerprint density at radius 3 is 2.32 bits per heavy atom. The predicted molar refractivity (Wildman–Crippen MR) is 126 cm³/mol. The van der Waals surface area contributed by atoms with Crippen LogP contribution >= 0.6 is 23.2 Å². The molecule has 0 unspecified atom stereocenters. The van der Waals surface area contributed by atoms with E-state index in [0.717, 1.165) is 23.1 Å². The van der Waals surface area contributed by atoms with Gasteiger partial charge in [0.2, 0.25) is 5.91 Å². The molecule has 0 heterocycles. The first kappa shape index (κ1) is 25.0. The molecule has 5 nitrogen and oxygen atoms in total. The molecule has 0 saturated carbocycles. The molecule has 0 aromatic heterocycles. The summed E-state index contributed by atoms with van der Waals surface area (Å²) in [5, 5.41) is 4.19. The van der Waals surface area contributed by atoms with Crippen LogP contribution in [0.2, 0.25) is 10.0 Å². The summed E-state index contributed by atoms with van der Waals surface area (Å²) in [6.07, 6.45) is 0.805. The van der Waals surface area contributed by atoms with Crippen molar-refractivity contribution < 1.29 is 14.3 Å². The van der Waals surface area contributed by atoms with Crippen molar-refractivity contribution in [2.75, 3.05) is 6.61 Å². The van der Waals surface area contributed by atoms with Crippen LogP contribution in [0.3, 0.4) is 0 Å². The molecule has 0 fully saturated rings. The third-order valence-electron chi connectivity index (χ3n) is 5.18. The van der Waals surface area contributed by atoms with E-state index in [2.05, 4.69) is 5.32 Å². The minimum atomic E-state index is -0.669. The van der Waals surface area contributed by atoms with Gasteiger partial charge in [-0.1, -0.05) is 42.3 Å². The van der Waals surface area contributed by atoms with Gasteiger partial charge >= 0.3 is 0 Å². The van der Waals surface area contributed by atoms with E-state index in [1.165, 1.54) is 4.90 Å². The maximum Gasteiger partial charge on any atom is 0.261 e. The number of hydrogen-bond donors (Lipinski definition) is 1. The summed E-state index contributed by atoms with van der Waals surface area (Å²) in [6.45, 7) is 9.47. The lowest BCUT2D eigenvalue weighted by molar-refractivity contribution is -0.142. The maximum absolute atomic E-state index is 13.1. The number of carbonyl (C=O) groups is 2. The Morgan fingerprint density at radius 1 is 1.10 bits per heavy atom. The Morgan fingerprint density at radius 2 is 1.74 bits per heavy atom. The van der Waals surface area contributed by atoms with Gasteiger partial charge in [0, 0.05) is 22.6 Å². The molecule has 2 amide bonds. The minimum absolute atomic E-state index is 0.0225. The largest absolute Gasteiger partial charge is 0.484 e. The summed E-state index contributed by atoms with van der Waals surface area (Å²) in [4.78, 5) is 27.3. The van der Waals surface area contributed by atoms with Gasteiger partial charge in [0.25, 0.3) is 5.91 Å². The van der Waals surface area contributed by atoms with Crippen LogP contribution in [-0.4, -0.2) is 35.4 Å². The topological polar surface area (TPSA) is 58.6 Å². The van der Waals surface area contributed by atoms with Crippen LogP contribution < -0.4 is 10.1 Å². The highest BCUT2D eigenvalue weighted by molar-refractivity contribution is 6.32. The number of benzene rings is 2. The normalized spacial score (nSPS) is 12.7. The molecule has 2 aromatic carbocycles. The van der Waals surface area contributed by atoms with Gasteiger partial charge in [-0.25, -0.2) is 0 Å². The highest BCUT2D eigenvalue weighted by Crippen LogP contribution is 2.26. The van der Waals surface area contributed by atoms with Crippen molar-refractivity contribution in [1.82, 2.24) is 10.2 Å². The highest BCUT2D eigenvalue weighted by Gasteiger charge is 2.27. The lowest BCUT2D eigenvalue weighted by atomic mass is 10.1. The molecule has 1 N–H and O–H groups in total. The summed E-state index contributed by atoms with van der Waals surface area (Å²) in [5.41, 5.74) is 2.59. The van der Waals surface area contributed by atoms with E-state index in [9.17, 15) is 9.59 Å². The number of rotatable bonds is 9. The van der Waals surface area contributed by atoms with E-state index < -0.39 is 6.04 Å². The maximum atomic E-state index is 13.1. The van der Waals surface area contributed by atoms with Crippen molar-refractivity contribution in [2.24, 2.45) is 0 Å². The molecule has 0 bridgehead atoms. The molecule has 7 heteroatoms. The third-order valence-corrected chi connectivity index (χ3v) is 6.01. The number of amides is 2. The van der Waals surface area contributed by atoms with Gasteiger partial charge in [-0.05, 0) is 75.1 Å². The van der Waals surface area contributed by atoms with E-state index in [1.807, 2.05) is 39.8 Å². The predicted octanol–water partition coefficient (Wildman–Crippen LogP) is 5.32. The van der Waals surface area contributed by atoms with Crippen LogP contribution in [0, 0.1) is 13.8 Å². The number of nitrogens with one attached hydrogen (secondary N) is 1. The zero-order chi connectivity index (χ0) is 23.1. The summed E-state index contributed by atoms with van der Waals surface area (Å²) < 4.78 is 5.75. The van der Waals surface area contributed by atoms with Crippen molar-refractivity contribution >= 4 is 35.0 Å². The van der Waals surface area contributed by atoms with Gasteiger partial charge in [-0.15, -0.1) is 0 Å². The van der Waals surface area contributed by atoms with Crippen LogP contribution in [0.15, 0.2) is 36.4 Å². The van der Waals surface area contributed by atoms with Crippen LogP contribution in [0.5, 0.6) is 5.75 Å². The molecule has 2 rings (SSSR count). The first-order chi connectivity index (χ1) is 14.6. The van der Waals surface area contributed by atoms with Gasteiger partial charge in [0.15, 0.2) is 6.61 Å². The standard InChI is InChI=1S/C24H30Cl2N2O3/c1-6-17(4)27-24(30)18(5)28(13-19-8-7-9-20(25)12-19)22(29)14-31-21-10-15(2)23(26)16(3)11-21/h7-12,17-18H,6,13-14H2,1-5H3,(H,27,30)/t17-,18-/m1/s1. The Hall–Kier alpha value is -2.24. The fourth-order valence-corrected chi connectivity index (χ4v) is 3.42. The quantitative estimate of drug-likeness (QED) is 0.545. The number of halogens is 2. The average Bonchev–Trinajstić information content (AvgIpc) is 2.73. The SMILES string of the molecule is CC[C@@H](C)NC(=O)[C@@H](C)N(Cc1cccc(Cl)c1)C(=O)COc1cc(C)c(Cl)c(C)c1. The molecular formula is C24H30Cl2N2O3. The molecule has 0 aliphatic rings. The summed E-state index contributed by atoms with van der Waals surface area (Å²) in [5.74, 6) is 0.0621. The van der Waals surface area contributed by atoms with E-state index >= 15 is 0 Å². The van der Waals surface area contributed by atoms with Crippen molar-refractivity contribution in [3.8, 4) is 5.75 Å². The molecule has 0 aliphatic heterocycles. The Balaban J connectivity index is 2.19. The van der Waals surface area contributed by atoms with Crippen molar-refractivity contribution in [2.45, 2.75) is 59.7 Å². The third kappa shape index (κ3) is 7.15. The molecule has 0 radical (unpaired) electrons. The van der Waals surface area contributed by atoms with Crippen molar-refractivity contribution in [1.29, 1.82) is 0 Å². The lowest BCUT2D eigenvalue weighted by Gasteiger charge is -2.29. The van der Waals surface area contributed by atoms with Crippen molar-refractivity contribution in [3.63, 3.8) is 0 Å². The molecule has 2 atom stereocenters. The van der Waals surface area contributed by atoms with E-state index in [0.29, 0.717) is 15.8 Å². The molecule has 168 valence electrons. The van der Waals surface area contributed by atoms with Crippen LogP contribution in [0.25, 0.3) is 0 Å². The van der Waals surface area contributed by atoms with Gasteiger partial charge in [0.1, 0.15) is 11.8 Å². The van der Waals surface area contributed by atoms with E-state index in [1.54, 1.807) is 31.2 Å². The van der Waals surface area contributed by atoms with E-state index in [-0.39, 0.29) is 31.0 Å². The van der Waals surface area contributed by atoms with Crippen LogP contribution in [0.1, 0.15) is 43.9 Å². The number of aryl methyl sites for hydroxylation is 2. The second-order valence-corrected chi connectivity index (χ2v) is 8.62. The van der Waals surface area contributed by atoms with E-state index in [4.69, 9.17) is 27.9 Å². The zero-order valence-corrected chi connectivity index (χ0v) is 20.2. The fourth-order valence-electron chi connectivity index (χ4n) is 3.10. The number of carbonyl (C=O) groups excluding carboxylic acids is 2. The first-order valence-corrected chi connectivity index (χ1v) is 11.1. The Kier molecular flexibility index (Phi) is 9.20. The average molecular weight is 465 g/mol. The summed E-state index contributed by atoms with van der Waals surface area (Å²) in [6, 6.07) is 10.2. The zero-order valence-electron chi connectivity index (χ0n) is 18.7. The Labute approximate surface area is 194 Å². The van der Waals surface area contributed by atoms with Crippen LogP contribution in [-0.2, 0) is 16.1 Å². The molecule has 2 aromatic rings. The molecular weight excluding hydrogens is 435 g/mol.